The SMILES string of the molecule is CC1CCCN(CC2CO2)CC1. The highest BCUT2D eigenvalue weighted by atomic mass is 16.6. The maximum Gasteiger partial charge on any atom is 0.0936 e. The van der Waals surface area contributed by atoms with Crippen LogP contribution in [-0.4, -0.2) is 37.2 Å². The highest BCUT2D eigenvalue weighted by molar-refractivity contribution is 4.76. The van der Waals surface area contributed by atoms with E-state index in [9.17, 15) is 0 Å². The van der Waals surface area contributed by atoms with E-state index in [0.29, 0.717) is 6.10 Å². The summed E-state index contributed by atoms with van der Waals surface area (Å²) in [5.41, 5.74) is 0. The van der Waals surface area contributed by atoms with Crippen molar-refractivity contribution in [2.45, 2.75) is 32.3 Å². The van der Waals surface area contributed by atoms with E-state index in [-0.39, 0.29) is 0 Å². The van der Waals surface area contributed by atoms with Crippen molar-refractivity contribution in [1.82, 2.24) is 4.90 Å². The van der Waals surface area contributed by atoms with Gasteiger partial charge in [0, 0.05) is 6.54 Å². The second-order valence-corrected chi connectivity index (χ2v) is 4.29. The summed E-state index contributed by atoms with van der Waals surface area (Å²) in [6.07, 6.45) is 4.77. The van der Waals surface area contributed by atoms with Gasteiger partial charge in [-0.1, -0.05) is 6.92 Å². The van der Waals surface area contributed by atoms with Crippen LogP contribution >= 0.6 is 0 Å². The molecule has 2 saturated heterocycles. The Hall–Kier alpha value is -0.0800. The van der Waals surface area contributed by atoms with E-state index in [4.69, 9.17) is 4.74 Å². The van der Waals surface area contributed by atoms with E-state index in [0.717, 1.165) is 12.5 Å². The Balaban J connectivity index is 1.73. The monoisotopic (exact) mass is 169 g/mol. The number of hydrogen-bond donors (Lipinski definition) is 0. The molecule has 2 atom stereocenters. The maximum absolute atomic E-state index is 5.24. The third-order valence-electron chi connectivity index (χ3n) is 2.97. The van der Waals surface area contributed by atoms with E-state index >= 15 is 0 Å². The van der Waals surface area contributed by atoms with E-state index in [1.165, 1.54) is 38.9 Å². The van der Waals surface area contributed by atoms with Crippen LogP contribution in [-0.2, 0) is 4.74 Å². The Bertz CT molecular complexity index is 145. The van der Waals surface area contributed by atoms with Gasteiger partial charge in [-0.05, 0) is 38.3 Å². The lowest BCUT2D eigenvalue weighted by Crippen LogP contribution is -2.28. The average molecular weight is 169 g/mol. The third kappa shape index (κ3) is 2.46. The molecule has 2 unspecified atom stereocenters. The molecular formula is C10H19NO. The topological polar surface area (TPSA) is 15.8 Å². The quantitative estimate of drug-likeness (QED) is 0.582. The van der Waals surface area contributed by atoms with Crippen molar-refractivity contribution in [1.29, 1.82) is 0 Å². The van der Waals surface area contributed by atoms with Gasteiger partial charge in [0.2, 0.25) is 0 Å². The predicted molar refractivity (Wildman–Crippen MR) is 49.2 cm³/mol. The molecule has 2 aliphatic heterocycles. The van der Waals surface area contributed by atoms with Crippen LogP contribution in [0.4, 0.5) is 0 Å². The lowest BCUT2D eigenvalue weighted by Gasteiger charge is -2.18. The molecule has 0 saturated carbocycles. The Morgan fingerprint density at radius 1 is 1.33 bits per heavy atom. The van der Waals surface area contributed by atoms with Crippen molar-refractivity contribution in [2.24, 2.45) is 5.92 Å². The molecule has 0 spiro atoms. The van der Waals surface area contributed by atoms with Crippen LogP contribution in [0.5, 0.6) is 0 Å². The van der Waals surface area contributed by atoms with Crippen molar-refractivity contribution < 1.29 is 4.74 Å². The van der Waals surface area contributed by atoms with Gasteiger partial charge in [-0.15, -0.1) is 0 Å². The van der Waals surface area contributed by atoms with Gasteiger partial charge in [-0.2, -0.15) is 0 Å². The van der Waals surface area contributed by atoms with Gasteiger partial charge in [0.05, 0.1) is 12.7 Å². The molecule has 2 heteroatoms. The van der Waals surface area contributed by atoms with Gasteiger partial charge >= 0.3 is 0 Å². The summed E-state index contributed by atoms with van der Waals surface area (Å²) in [5.74, 6) is 0.940. The summed E-state index contributed by atoms with van der Waals surface area (Å²) >= 11 is 0. The average Bonchev–Trinajstić information content (AvgIpc) is 2.83. The lowest BCUT2D eigenvalue weighted by molar-refractivity contribution is 0.248. The molecule has 2 aliphatic rings. The lowest BCUT2D eigenvalue weighted by atomic mass is 10.0. The first-order valence-corrected chi connectivity index (χ1v) is 5.18. The molecule has 0 bridgehead atoms. The van der Waals surface area contributed by atoms with Crippen LogP contribution < -0.4 is 0 Å². The van der Waals surface area contributed by atoms with Gasteiger partial charge in [0.1, 0.15) is 0 Å². The first-order valence-electron chi connectivity index (χ1n) is 5.18. The van der Waals surface area contributed by atoms with Crippen LogP contribution in [0.3, 0.4) is 0 Å². The Kier molecular flexibility index (Phi) is 2.66. The summed E-state index contributed by atoms with van der Waals surface area (Å²) in [6, 6.07) is 0. The van der Waals surface area contributed by atoms with Gasteiger partial charge in [0.25, 0.3) is 0 Å². The predicted octanol–water partition coefficient (Wildman–Crippen LogP) is 1.51. The zero-order chi connectivity index (χ0) is 8.39. The van der Waals surface area contributed by atoms with E-state index in [1.54, 1.807) is 0 Å². The fourth-order valence-electron chi connectivity index (χ4n) is 1.97. The van der Waals surface area contributed by atoms with Gasteiger partial charge in [0.15, 0.2) is 0 Å². The molecule has 70 valence electrons. The minimum Gasteiger partial charge on any atom is -0.372 e. The first kappa shape index (κ1) is 8.52. The fraction of sp³-hybridized carbons (Fsp3) is 1.00. The molecule has 2 rings (SSSR count). The molecule has 0 aromatic rings. The third-order valence-corrected chi connectivity index (χ3v) is 2.97. The molecule has 2 nitrogen and oxygen atoms in total. The maximum atomic E-state index is 5.24. The molecular weight excluding hydrogens is 150 g/mol. The van der Waals surface area contributed by atoms with Crippen LogP contribution in [0.15, 0.2) is 0 Å². The Labute approximate surface area is 74.9 Å². The second kappa shape index (κ2) is 3.75. The van der Waals surface area contributed by atoms with Crippen molar-refractivity contribution >= 4 is 0 Å². The van der Waals surface area contributed by atoms with E-state index in [2.05, 4.69) is 11.8 Å². The zero-order valence-corrected chi connectivity index (χ0v) is 7.96. The molecule has 0 radical (unpaired) electrons. The van der Waals surface area contributed by atoms with E-state index < -0.39 is 0 Å². The first-order chi connectivity index (χ1) is 5.84. The molecule has 0 aromatic carbocycles. The fourth-order valence-corrected chi connectivity index (χ4v) is 1.97. The smallest absolute Gasteiger partial charge is 0.0936 e. The molecule has 2 heterocycles. The number of nitrogens with zero attached hydrogens (tertiary/aromatic N) is 1. The minimum absolute atomic E-state index is 0.582. The van der Waals surface area contributed by atoms with Crippen LogP contribution in [0.2, 0.25) is 0 Å². The van der Waals surface area contributed by atoms with Crippen molar-refractivity contribution in [3.8, 4) is 0 Å². The molecule has 2 fully saturated rings. The van der Waals surface area contributed by atoms with Crippen LogP contribution in [0, 0.1) is 5.92 Å². The highest BCUT2D eigenvalue weighted by Crippen LogP contribution is 2.18. The van der Waals surface area contributed by atoms with Gasteiger partial charge in [-0.3, -0.25) is 0 Å². The summed E-state index contributed by atoms with van der Waals surface area (Å²) in [7, 11) is 0. The number of epoxide rings is 1. The zero-order valence-electron chi connectivity index (χ0n) is 7.96. The highest BCUT2D eigenvalue weighted by Gasteiger charge is 2.26. The standard InChI is InChI=1S/C10H19NO/c1-9-3-2-5-11(6-4-9)7-10-8-12-10/h9-10H,2-8H2,1H3. The molecule has 12 heavy (non-hydrogen) atoms. The summed E-state index contributed by atoms with van der Waals surface area (Å²) in [6.45, 7) is 7.15. The molecule has 0 amide bonds. The molecule has 0 aromatic heterocycles. The number of ether oxygens (including phenoxy) is 1. The minimum atomic E-state index is 0.582. The van der Waals surface area contributed by atoms with Crippen molar-refractivity contribution in [2.75, 3.05) is 26.2 Å². The van der Waals surface area contributed by atoms with Gasteiger partial charge in [-0.25, -0.2) is 0 Å². The second-order valence-electron chi connectivity index (χ2n) is 4.29. The molecule has 0 N–H and O–H groups in total. The summed E-state index contributed by atoms with van der Waals surface area (Å²) in [5, 5.41) is 0. The summed E-state index contributed by atoms with van der Waals surface area (Å²) < 4.78 is 5.24. The number of likely N-dealkylation sites (tertiary alicyclic amines) is 1. The van der Waals surface area contributed by atoms with Crippen LogP contribution in [0.25, 0.3) is 0 Å². The van der Waals surface area contributed by atoms with E-state index in [1.807, 2.05) is 0 Å². The number of hydrogen-bond acceptors (Lipinski definition) is 2. The Morgan fingerprint density at radius 3 is 2.92 bits per heavy atom. The van der Waals surface area contributed by atoms with Crippen molar-refractivity contribution in [3.05, 3.63) is 0 Å². The Morgan fingerprint density at radius 2 is 2.17 bits per heavy atom. The van der Waals surface area contributed by atoms with Crippen LogP contribution in [0.1, 0.15) is 26.2 Å². The van der Waals surface area contributed by atoms with Crippen molar-refractivity contribution in [3.63, 3.8) is 0 Å². The largest absolute Gasteiger partial charge is 0.372 e. The summed E-state index contributed by atoms with van der Waals surface area (Å²) in [4.78, 5) is 2.57. The molecule has 0 aliphatic carbocycles. The normalized spacial score (nSPS) is 37.8. The number of rotatable bonds is 2. The van der Waals surface area contributed by atoms with Gasteiger partial charge < -0.3 is 9.64 Å².